The number of carbonyl (C=O) groups excluding carboxylic acids is 1. The molecule has 0 saturated heterocycles. The van der Waals surface area contributed by atoms with E-state index in [1.54, 1.807) is 13.3 Å². The van der Waals surface area contributed by atoms with Gasteiger partial charge in [-0.25, -0.2) is 0 Å². The number of aryl methyl sites for hydroxylation is 2. The summed E-state index contributed by atoms with van der Waals surface area (Å²) in [5, 5.41) is 0.889. The molecule has 1 heterocycles. The number of ether oxygens (including phenoxy) is 1. The summed E-state index contributed by atoms with van der Waals surface area (Å²) in [4.78, 5) is 16.0. The van der Waals surface area contributed by atoms with Crippen LogP contribution in [0.3, 0.4) is 0 Å². The molecular weight excluding hydrogens is 262 g/mol. The number of nitrogens with one attached hydrogen (secondary N) is 1. The maximum atomic E-state index is 12.8. The quantitative estimate of drug-likeness (QED) is 0.736. The van der Waals surface area contributed by atoms with Crippen LogP contribution in [-0.2, 0) is 0 Å². The Kier molecular flexibility index (Phi) is 3.26. The average molecular weight is 279 g/mol. The Hall–Kier alpha value is -2.55. The van der Waals surface area contributed by atoms with E-state index in [1.165, 1.54) is 0 Å². The molecule has 1 aromatic heterocycles. The van der Waals surface area contributed by atoms with Gasteiger partial charge in [0.05, 0.1) is 7.11 Å². The molecule has 3 heteroatoms. The highest BCUT2D eigenvalue weighted by Crippen LogP contribution is 2.26. The monoisotopic (exact) mass is 279 g/mol. The maximum absolute atomic E-state index is 12.8. The number of methoxy groups -OCH3 is 1. The van der Waals surface area contributed by atoms with E-state index < -0.39 is 0 Å². The normalized spacial score (nSPS) is 10.8. The molecule has 3 aromatic rings. The minimum absolute atomic E-state index is 0.0377. The molecule has 0 aliphatic heterocycles. The molecule has 106 valence electrons. The Balaban J connectivity index is 2.15. The second-order valence-corrected chi connectivity index (χ2v) is 5.26. The predicted molar refractivity (Wildman–Crippen MR) is 84.2 cm³/mol. The van der Waals surface area contributed by atoms with Gasteiger partial charge in [-0.1, -0.05) is 17.7 Å². The van der Waals surface area contributed by atoms with Crippen molar-refractivity contribution in [3.8, 4) is 5.75 Å². The van der Waals surface area contributed by atoms with Crippen molar-refractivity contribution >= 4 is 16.7 Å². The van der Waals surface area contributed by atoms with E-state index in [-0.39, 0.29) is 5.78 Å². The van der Waals surface area contributed by atoms with Gasteiger partial charge in [0.2, 0.25) is 0 Å². The maximum Gasteiger partial charge on any atom is 0.195 e. The van der Waals surface area contributed by atoms with Crippen molar-refractivity contribution in [1.29, 1.82) is 0 Å². The fourth-order valence-corrected chi connectivity index (χ4v) is 2.54. The molecule has 0 aliphatic rings. The van der Waals surface area contributed by atoms with Crippen molar-refractivity contribution in [2.45, 2.75) is 13.8 Å². The van der Waals surface area contributed by atoms with Gasteiger partial charge >= 0.3 is 0 Å². The van der Waals surface area contributed by atoms with Crippen LogP contribution in [-0.4, -0.2) is 17.9 Å². The number of ketones is 1. The summed E-state index contributed by atoms with van der Waals surface area (Å²) in [6, 6.07) is 11.6. The van der Waals surface area contributed by atoms with E-state index in [0.29, 0.717) is 5.56 Å². The van der Waals surface area contributed by atoms with Crippen molar-refractivity contribution in [1.82, 2.24) is 4.98 Å². The molecule has 0 saturated carbocycles. The standard InChI is InChI=1S/C18H17NO2/c1-11-4-5-12(2)14(8-11)18(20)16-10-19-17-7-6-13(21-3)9-15(16)17/h4-10,19H,1-3H3. The zero-order valence-electron chi connectivity index (χ0n) is 12.4. The number of rotatable bonds is 3. The highest BCUT2D eigenvalue weighted by atomic mass is 16.5. The lowest BCUT2D eigenvalue weighted by Gasteiger charge is -2.06. The van der Waals surface area contributed by atoms with Crippen molar-refractivity contribution in [2.24, 2.45) is 0 Å². The Labute approximate surface area is 123 Å². The minimum atomic E-state index is 0.0377. The van der Waals surface area contributed by atoms with Crippen LogP contribution in [0.25, 0.3) is 10.9 Å². The second-order valence-electron chi connectivity index (χ2n) is 5.26. The molecule has 0 aliphatic carbocycles. The molecule has 3 rings (SSSR count). The number of aromatic nitrogens is 1. The zero-order chi connectivity index (χ0) is 15.0. The molecule has 0 bridgehead atoms. The van der Waals surface area contributed by atoms with Gasteiger partial charge in [-0.3, -0.25) is 4.79 Å². The number of hydrogen-bond acceptors (Lipinski definition) is 2. The molecule has 0 unspecified atom stereocenters. The summed E-state index contributed by atoms with van der Waals surface area (Å²) < 4.78 is 5.25. The third-order valence-corrected chi connectivity index (χ3v) is 3.77. The Morgan fingerprint density at radius 1 is 1.05 bits per heavy atom. The molecule has 0 radical (unpaired) electrons. The first-order valence-electron chi connectivity index (χ1n) is 6.87. The summed E-state index contributed by atoms with van der Waals surface area (Å²) in [5.41, 5.74) is 4.44. The Bertz CT molecular complexity index is 830. The van der Waals surface area contributed by atoms with Gasteiger partial charge in [0.25, 0.3) is 0 Å². The summed E-state index contributed by atoms with van der Waals surface area (Å²) in [6.45, 7) is 3.95. The fourth-order valence-electron chi connectivity index (χ4n) is 2.54. The van der Waals surface area contributed by atoms with Crippen LogP contribution in [0.1, 0.15) is 27.0 Å². The highest BCUT2D eigenvalue weighted by molar-refractivity contribution is 6.17. The Morgan fingerprint density at radius 3 is 2.62 bits per heavy atom. The van der Waals surface area contributed by atoms with E-state index in [9.17, 15) is 4.79 Å². The number of fused-ring (bicyclic) bond motifs is 1. The van der Waals surface area contributed by atoms with Crippen molar-refractivity contribution < 1.29 is 9.53 Å². The topological polar surface area (TPSA) is 42.1 Å². The average Bonchev–Trinajstić information content (AvgIpc) is 2.91. The summed E-state index contributed by atoms with van der Waals surface area (Å²) in [5.74, 6) is 0.785. The summed E-state index contributed by atoms with van der Waals surface area (Å²) >= 11 is 0. The molecule has 2 aromatic carbocycles. The van der Waals surface area contributed by atoms with Crippen molar-refractivity contribution in [3.63, 3.8) is 0 Å². The van der Waals surface area contributed by atoms with Crippen LogP contribution in [0.15, 0.2) is 42.6 Å². The second kappa shape index (κ2) is 5.09. The van der Waals surface area contributed by atoms with Crippen molar-refractivity contribution in [2.75, 3.05) is 7.11 Å². The highest BCUT2D eigenvalue weighted by Gasteiger charge is 2.16. The van der Waals surface area contributed by atoms with Gasteiger partial charge < -0.3 is 9.72 Å². The van der Waals surface area contributed by atoms with E-state index in [1.807, 2.05) is 50.2 Å². The van der Waals surface area contributed by atoms with Gasteiger partial charge in [-0.05, 0) is 43.7 Å². The van der Waals surface area contributed by atoms with E-state index >= 15 is 0 Å². The lowest BCUT2D eigenvalue weighted by Crippen LogP contribution is -2.03. The number of benzene rings is 2. The van der Waals surface area contributed by atoms with Crippen LogP contribution < -0.4 is 4.74 Å². The first-order chi connectivity index (χ1) is 10.1. The van der Waals surface area contributed by atoms with E-state index in [0.717, 1.165) is 33.3 Å². The van der Waals surface area contributed by atoms with Crippen LogP contribution in [0.4, 0.5) is 0 Å². The number of carbonyl (C=O) groups is 1. The molecule has 0 spiro atoms. The first kappa shape index (κ1) is 13.4. The van der Waals surface area contributed by atoms with E-state index in [2.05, 4.69) is 4.98 Å². The predicted octanol–water partition coefficient (Wildman–Crippen LogP) is 4.02. The van der Waals surface area contributed by atoms with Gasteiger partial charge in [-0.15, -0.1) is 0 Å². The van der Waals surface area contributed by atoms with Crippen LogP contribution in [0.5, 0.6) is 5.75 Å². The zero-order valence-corrected chi connectivity index (χ0v) is 12.4. The Morgan fingerprint density at radius 2 is 1.86 bits per heavy atom. The van der Waals surface area contributed by atoms with Crippen molar-refractivity contribution in [3.05, 3.63) is 64.8 Å². The lowest BCUT2D eigenvalue weighted by molar-refractivity contribution is 0.103. The number of aromatic amines is 1. The number of H-pyrrole nitrogens is 1. The number of hydrogen-bond donors (Lipinski definition) is 1. The summed E-state index contributed by atoms with van der Waals surface area (Å²) in [7, 11) is 1.63. The third kappa shape index (κ3) is 2.31. The molecule has 0 amide bonds. The van der Waals surface area contributed by atoms with Crippen LogP contribution >= 0.6 is 0 Å². The largest absolute Gasteiger partial charge is 0.497 e. The smallest absolute Gasteiger partial charge is 0.195 e. The molecule has 0 atom stereocenters. The van der Waals surface area contributed by atoms with Gasteiger partial charge in [0, 0.05) is 28.2 Å². The molecule has 21 heavy (non-hydrogen) atoms. The molecular formula is C18H17NO2. The lowest BCUT2D eigenvalue weighted by atomic mass is 9.97. The van der Waals surface area contributed by atoms with Gasteiger partial charge in [0.1, 0.15) is 5.75 Å². The third-order valence-electron chi connectivity index (χ3n) is 3.77. The fraction of sp³-hybridized carbons (Fsp3) is 0.167. The molecule has 0 fully saturated rings. The molecule has 1 N–H and O–H groups in total. The van der Waals surface area contributed by atoms with Crippen LogP contribution in [0, 0.1) is 13.8 Å². The first-order valence-corrected chi connectivity index (χ1v) is 6.87. The van der Waals surface area contributed by atoms with Gasteiger partial charge in [0.15, 0.2) is 5.78 Å². The SMILES string of the molecule is COc1ccc2[nH]cc(C(=O)c3cc(C)ccc3C)c2c1. The summed E-state index contributed by atoms with van der Waals surface area (Å²) in [6.07, 6.45) is 1.77. The molecule has 3 nitrogen and oxygen atoms in total. The minimum Gasteiger partial charge on any atom is -0.497 e. The van der Waals surface area contributed by atoms with E-state index in [4.69, 9.17) is 4.74 Å². The van der Waals surface area contributed by atoms with Crippen LogP contribution in [0.2, 0.25) is 0 Å². The van der Waals surface area contributed by atoms with Gasteiger partial charge in [-0.2, -0.15) is 0 Å².